The minimum atomic E-state index is 0.789. The summed E-state index contributed by atoms with van der Waals surface area (Å²) >= 11 is 0. The third kappa shape index (κ3) is 1.90. The third-order valence-electron chi connectivity index (χ3n) is 2.70. The number of nitrogens with one attached hydrogen (secondary N) is 1. The van der Waals surface area contributed by atoms with Gasteiger partial charge in [0.05, 0.1) is 0 Å². The van der Waals surface area contributed by atoms with E-state index in [-0.39, 0.29) is 0 Å². The van der Waals surface area contributed by atoms with Gasteiger partial charge in [-0.15, -0.1) is 12.3 Å². The molecule has 0 aromatic heterocycles. The maximum absolute atomic E-state index is 5.19. The second-order valence-electron chi connectivity index (χ2n) is 3.72. The summed E-state index contributed by atoms with van der Waals surface area (Å²) in [5.74, 6) is 2.63. The zero-order chi connectivity index (χ0) is 9.80. The zero-order valence-corrected chi connectivity index (χ0v) is 8.34. The van der Waals surface area contributed by atoms with E-state index in [1.54, 1.807) is 0 Å². The summed E-state index contributed by atoms with van der Waals surface area (Å²) in [5, 5.41) is 3.33. The smallest absolute Gasteiger partial charge is 0.0343 e. The minimum Gasteiger partial charge on any atom is -0.384 e. The Morgan fingerprint density at radius 3 is 3.00 bits per heavy atom. The van der Waals surface area contributed by atoms with Gasteiger partial charge < -0.3 is 5.32 Å². The van der Waals surface area contributed by atoms with Crippen LogP contribution in [0.3, 0.4) is 0 Å². The average Bonchev–Trinajstić information content (AvgIpc) is 2.65. The molecule has 1 aromatic rings. The van der Waals surface area contributed by atoms with Crippen molar-refractivity contribution in [1.29, 1.82) is 0 Å². The minimum absolute atomic E-state index is 0.789. The van der Waals surface area contributed by atoms with Crippen LogP contribution in [-0.2, 0) is 12.8 Å². The fourth-order valence-electron chi connectivity index (χ4n) is 1.96. The fourth-order valence-corrected chi connectivity index (χ4v) is 1.96. The molecular formula is C13H15N. The molecule has 0 atom stereocenters. The van der Waals surface area contributed by atoms with Crippen LogP contribution in [0.4, 0.5) is 5.69 Å². The van der Waals surface area contributed by atoms with Crippen LogP contribution in [0.5, 0.6) is 0 Å². The molecule has 0 amide bonds. The fraction of sp³-hybridized carbons (Fsp3) is 0.385. The van der Waals surface area contributed by atoms with Gasteiger partial charge in [0.15, 0.2) is 0 Å². The van der Waals surface area contributed by atoms with Crippen LogP contribution < -0.4 is 5.32 Å². The molecule has 1 heteroatoms. The number of aryl methyl sites for hydroxylation is 2. The number of benzene rings is 1. The predicted octanol–water partition coefficient (Wildman–Crippen LogP) is 2.61. The number of anilines is 1. The summed E-state index contributed by atoms with van der Waals surface area (Å²) < 4.78 is 0. The highest BCUT2D eigenvalue weighted by molar-refractivity contribution is 5.50. The molecule has 0 bridgehead atoms. The molecule has 0 saturated carbocycles. The Kier molecular flexibility index (Phi) is 2.74. The van der Waals surface area contributed by atoms with Crippen LogP contribution in [0.2, 0.25) is 0 Å². The lowest BCUT2D eigenvalue weighted by molar-refractivity contribution is 0.912. The quantitative estimate of drug-likeness (QED) is 0.564. The van der Waals surface area contributed by atoms with Gasteiger partial charge in [0.25, 0.3) is 0 Å². The molecule has 0 spiro atoms. The van der Waals surface area contributed by atoms with Gasteiger partial charge in [-0.25, -0.2) is 0 Å². The normalized spacial score (nSPS) is 13.4. The van der Waals surface area contributed by atoms with Gasteiger partial charge in [0.1, 0.15) is 0 Å². The largest absolute Gasteiger partial charge is 0.384 e. The van der Waals surface area contributed by atoms with Gasteiger partial charge in [-0.05, 0) is 42.5 Å². The lowest BCUT2D eigenvalue weighted by Gasteiger charge is -2.06. The molecule has 2 rings (SSSR count). The monoisotopic (exact) mass is 185 g/mol. The molecular weight excluding hydrogens is 170 g/mol. The molecule has 1 N–H and O–H groups in total. The lowest BCUT2D eigenvalue weighted by atomic mass is 10.1. The summed E-state index contributed by atoms with van der Waals surface area (Å²) in [7, 11) is 0. The van der Waals surface area contributed by atoms with Crippen LogP contribution in [-0.4, -0.2) is 6.54 Å². The van der Waals surface area contributed by atoms with Crippen LogP contribution in [0.25, 0.3) is 0 Å². The van der Waals surface area contributed by atoms with E-state index in [0.29, 0.717) is 0 Å². The molecule has 0 unspecified atom stereocenters. The summed E-state index contributed by atoms with van der Waals surface area (Å²) in [6.45, 7) is 0.870. The molecule has 1 aliphatic rings. The summed E-state index contributed by atoms with van der Waals surface area (Å²) in [6.07, 6.45) is 9.78. The van der Waals surface area contributed by atoms with E-state index in [1.165, 1.54) is 36.1 Å². The number of fused-ring (bicyclic) bond motifs is 1. The second-order valence-corrected chi connectivity index (χ2v) is 3.72. The Hall–Kier alpha value is -1.42. The molecule has 72 valence electrons. The van der Waals surface area contributed by atoms with Gasteiger partial charge in [0, 0.05) is 18.7 Å². The topological polar surface area (TPSA) is 12.0 Å². The first kappa shape index (κ1) is 9.15. The SMILES string of the molecule is C#CCCNc1ccc2c(c1)CCC2. The van der Waals surface area contributed by atoms with Gasteiger partial charge in [-0.3, -0.25) is 0 Å². The van der Waals surface area contributed by atoms with Crippen LogP contribution >= 0.6 is 0 Å². The number of hydrogen-bond donors (Lipinski definition) is 1. The summed E-state index contributed by atoms with van der Waals surface area (Å²) in [5.41, 5.74) is 4.24. The molecule has 1 aromatic carbocycles. The van der Waals surface area contributed by atoms with Gasteiger partial charge >= 0.3 is 0 Å². The summed E-state index contributed by atoms with van der Waals surface area (Å²) in [6, 6.07) is 6.65. The molecule has 0 aliphatic heterocycles. The second kappa shape index (κ2) is 4.19. The van der Waals surface area contributed by atoms with Crippen molar-refractivity contribution in [2.24, 2.45) is 0 Å². The number of terminal acetylenes is 1. The first-order chi connectivity index (χ1) is 6.90. The van der Waals surface area contributed by atoms with E-state index < -0.39 is 0 Å². The van der Waals surface area contributed by atoms with Crippen molar-refractivity contribution in [3.05, 3.63) is 29.3 Å². The Bertz CT molecular complexity index is 360. The maximum Gasteiger partial charge on any atom is 0.0343 e. The van der Waals surface area contributed by atoms with Gasteiger partial charge in [-0.2, -0.15) is 0 Å². The van der Waals surface area contributed by atoms with Crippen molar-refractivity contribution in [3.8, 4) is 12.3 Å². The Balaban J connectivity index is 2.02. The molecule has 0 heterocycles. The highest BCUT2D eigenvalue weighted by Gasteiger charge is 2.10. The average molecular weight is 185 g/mol. The van der Waals surface area contributed by atoms with Gasteiger partial charge in [0.2, 0.25) is 0 Å². The van der Waals surface area contributed by atoms with Crippen molar-refractivity contribution < 1.29 is 0 Å². The van der Waals surface area contributed by atoms with E-state index in [9.17, 15) is 0 Å². The molecule has 0 fully saturated rings. The molecule has 0 radical (unpaired) electrons. The van der Waals surface area contributed by atoms with Gasteiger partial charge in [-0.1, -0.05) is 6.07 Å². The van der Waals surface area contributed by atoms with Crippen LogP contribution in [0, 0.1) is 12.3 Å². The molecule has 1 nitrogen and oxygen atoms in total. The van der Waals surface area contributed by atoms with Crippen LogP contribution in [0.1, 0.15) is 24.0 Å². The van der Waals surface area contributed by atoms with Crippen molar-refractivity contribution in [3.63, 3.8) is 0 Å². The maximum atomic E-state index is 5.19. The Morgan fingerprint density at radius 1 is 1.29 bits per heavy atom. The predicted molar refractivity (Wildman–Crippen MR) is 60.4 cm³/mol. The standard InChI is InChI=1S/C13H15N/c1-2-3-9-14-13-8-7-11-5-4-6-12(11)10-13/h1,7-8,10,14H,3-6,9H2. The van der Waals surface area contributed by atoms with Crippen LogP contribution in [0.15, 0.2) is 18.2 Å². The van der Waals surface area contributed by atoms with E-state index in [2.05, 4.69) is 29.4 Å². The Morgan fingerprint density at radius 2 is 2.14 bits per heavy atom. The highest BCUT2D eigenvalue weighted by Crippen LogP contribution is 2.24. The molecule has 1 aliphatic carbocycles. The number of rotatable bonds is 3. The molecule has 0 saturated heterocycles. The van der Waals surface area contributed by atoms with Crippen molar-refractivity contribution in [2.45, 2.75) is 25.7 Å². The van der Waals surface area contributed by atoms with Crippen molar-refractivity contribution in [2.75, 3.05) is 11.9 Å². The van der Waals surface area contributed by atoms with Crippen molar-refractivity contribution in [1.82, 2.24) is 0 Å². The number of hydrogen-bond acceptors (Lipinski definition) is 1. The summed E-state index contributed by atoms with van der Waals surface area (Å²) in [4.78, 5) is 0. The molecule has 14 heavy (non-hydrogen) atoms. The van der Waals surface area contributed by atoms with E-state index in [1.807, 2.05) is 0 Å². The first-order valence-corrected chi connectivity index (χ1v) is 5.19. The zero-order valence-electron chi connectivity index (χ0n) is 8.34. The van der Waals surface area contributed by atoms with E-state index >= 15 is 0 Å². The highest BCUT2D eigenvalue weighted by atomic mass is 14.9. The van der Waals surface area contributed by atoms with E-state index in [4.69, 9.17) is 6.42 Å². The Labute approximate surface area is 85.5 Å². The lowest BCUT2D eigenvalue weighted by Crippen LogP contribution is -2.00. The third-order valence-corrected chi connectivity index (χ3v) is 2.70. The first-order valence-electron chi connectivity index (χ1n) is 5.19. The van der Waals surface area contributed by atoms with Crippen molar-refractivity contribution >= 4 is 5.69 Å². The van der Waals surface area contributed by atoms with E-state index in [0.717, 1.165) is 13.0 Å².